The molecule has 3 heterocycles. The van der Waals surface area contributed by atoms with Gasteiger partial charge in [-0.1, -0.05) is 5.16 Å². The summed E-state index contributed by atoms with van der Waals surface area (Å²) in [6.45, 7) is 7.18. The van der Waals surface area contributed by atoms with Crippen LogP contribution in [0.25, 0.3) is 0 Å². The summed E-state index contributed by atoms with van der Waals surface area (Å²) in [4.78, 5) is 27.1. The van der Waals surface area contributed by atoms with E-state index in [0.717, 1.165) is 12.8 Å². The van der Waals surface area contributed by atoms with E-state index in [2.05, 4.69) is 20.1 Å². The minimum Gasteiger partial charge on any atom is -0.455 e. The van der Waals surface area contributed by atoms with Crippen molar-refractivity contribution in [3.63, 3.8) is 0 Å². The lowest BCUT2D eigenvalue weighted by atomic mass is 10.2. The van der Waals surface area contributed by atoms with Crippen LogP contribution < -0.4 is 4.90 Å². The Bertz CT molecular complexity index is 810. The molecule has 0 amide bonds. The van der Waals surface area contributed by atoms with Gasteiger partial charge in [0.2, 0.25) is 11.7 Å². The maximum absolute atomic E-state index is 12.1. The first-order valence-electron chi connectivity index (χ1n) is 9.14. The summed E-state index contributed by atoms with van der Waals surface area (Å²) in [5, 5.41) is 4.07. The highest BCUT2D eigenvalue weighted by Crippen LogP contribution is 2.39. The normalized spacial score (nSPS) is 20.6. The molecular formula is C18H23N5O4. The lowest BCUT2D eigenvalue weighted by molar-refractivity contribution is 0.00621. The maximum atomic E-state index is 12.1. The van der Waals surface area contributed by atoms with E-state index in [1.165, 1.54) is 6.20 Å². The molecule has 1 aliphatic carbocycles. The van der Waals surface area contributed by atoms with Crippen molar-refractivity contribution in [1.82, 2.24) is 20.1 Å². The van der Waals surface area contributed by atoms with Crippen LogP contribution >= 0.6 is 0 Å². The van der Waals surface area contributed by atoms with Crippen LogP contribution in [0.15, 0.2) is 16.9 Å². The van der Waals surface area contributed by atoms with Crippen LogP contribution in [0.4, 0.5) is 5.82 Å². The minimum atomic E-state index is -0.571. The molecule has 1 saturated heterocycles. The van der Waals surface area contributed by atoms with E-state index in [1.54, 1.807) is 6.20 Å². The van der Waals surface area contributed by atoms with Gasteiger partial charge in [-0.2, -0.15) is 4.98 Å². The highest BCUT2D eigenvalue weighted by molar-refractivity contribution is 5.87. The van der Waals surface area contributed by atoms with E-state index < -0.39 is 11.6 Å². The minimum absolute atomic E-state index is 0.186. The van der Waals surface area contributed by atoms with Gasteiger partial charge in [0.25, 0.3) is 0 Å². The summed E-state index contributed by atoms with van der Waals surface area (Å²) in [6.07, 6.45) is 4.96. The molecule has 1 atom stereocenters. The van der Waals surface area contributed by atoms with Crippen molar-refractivity contribution in [2.75, 3.05) is 24.6 Å². The van der Waals surface area contributed by atoms with Crippen molar-refractivity contribution in [2.45, 2.75) is 51.2 Å². The first-order valence-corrected chi connectivity index (χ1v) is 9.14. The second-order valence-corrected chi connectivity index (χ2v) is 7.83. The van der Waals surface area contributed by atoms with Crippen molar-refractivity contribution in [3.05, 3.63) is 29.8 Å². The molecule has 2 aromatic heterocycles. The molecule has 9 nitrogen and oxygen atoms in total. The zero-order valence-corrected chi connectivity index (χ0v) is 15.7. The summed E-state index contributed by atoms with van der Waals surface area (Å²) in [5.74, 6) is 1.87. The summed E-state index contributed by atoms with van der Waals surface area (Å²) in [5.41, 5.74) is -0.385. The third kappa shape index (κ3) is 4.24. The smallest absolute Gasteiger partial charge is 0.359 e. The molecule has 1 aliphatic heterocycles. The van der Waals surface area contributed by atoms with Gasteiger partial charge in [-0.05, 0) is 33.6 Å². The number of ether oxygens (including phenoxy) is 2. The largest absolute Gasteiger partial charge is 0.455 e. The van der Waals surface area contributed by atoms with Gasteiger partial charge >= 0.3 is 5.97 Å². The molecule has 4 rings (SSSR count). The fourth-order valence-electron chi connectivity index (χ4n) is 2.81. The Morgan fingerprint density at radius 3 is 2.74 bits per heavy atom. The molecule has 0 aromatic carbocycles. The predicted octanol–water partition coefficient (Wildman–Crippen LogP) is 2.27. The molecule has 2 fully saturated rings. The summed E-state index contributed by atoms with van der Waals surface area (Å²) >= 11 is 0. The standard InChI is InChI=1S/C18H23N5O4/c1-18(2,3)26-17(24)12-8-20-14(9-19-12)23-6-7-25-13(10-23)15-21-16(27-22-15)11-4-5-11/h8-9,11,13H,4-7,10H2,1-3H3. The lowest BCUT2D eigenvalue weighted by Crippen LogP contribution is -2.39. The van der Waals surface area contributed by atoms with Gasteiger partial charge in [0.15, 0.2) is 5.69 Å². The van der Waals surface area contributed by atoms with Crippen LogP contribution in [0.1, 0.15) is 67.8 Å². The van der Waals surface area contributed by atoms with Gasteiger partial charge in [-0.25, -0.2) is 14.8 Å². The van der Waals surface area contributed by atoms with Crippen LogP contribution in [0.3, 0.4) is 0 Å². The quantitative estimate of drug-likeness (QED) is 0.746. The molecule has 0 N–H and O–H groups in total. The lowest BCUT2D eigenvalue weighted by Gasteiger charge is -2.32. The molecule has 2 aromatic rings. The topological polar surface area (TPSA) is 103 Å². The Balaban J connectivity index is 1.42. The Hall–Kier alpha value is -2.55. The fraction of sp³-hybridized carbons (Fsp3) is 0.611. The number of hydrogen-bond acceptors (Lipinski definition) is 9. The monoisotopic (exact) mass is 373 g/mol. The highest BCUT2D eigenvalue weighted by Gasteiger charge is 2.33. The number of esters is 1. The Morgan fingerprint density at radius 2 is 2.07 bits per heavy atom. The van der Waals surface area contributed by atoms with Crippen LogP contribution in [0, 0.1) is 0 Å². The van der Waals surface area contributed by atoms with Crippen LogP contribution in [0.2, 0.25) is 0 Å². The summed E-state index contributed by atoms with van der Waals surface area (Å²) in [6, 6.07) is 0. The van der Waals surface area contributed by atoms with Crippen LogP contribution in [-0.2, 0) is 9.47 Å². The number of anilines is 1. The SMILES string of the molecule is CC(C)(C)OC(=O)c1cnc(N2CCOC(c3noc(C4CC4)n3)C2)cn1. The van der Waals surface area contributed by atoms with E-state index in [9.17, 15) is 4.79 Å². The number of carbonyl (C=O) groups excluding carboxylic acids is 1. The second kappa shape index (κ2) is 6.88. The molecule has 9 heteroatoms. The van der Waals surface area contributed by atoms with E-state index >= 15 is 0 Å². The summed E-state index contributed by atoms with van der Waals surface area (Å²) in [7, 11) is 0. The number of nitrogens with zero attached hydrogens (tertiary/aromatic N) is 5. The molecule has 2 aliphatic rings. The van der Waals surface area contributed by atoms with E-state index in [1.807, 2.05) is 25.7 Å². The Labute approximate surface area is 157 Å². The van der Waals surface area contributed by atoms with Gasteiger partial charge in [-0.3, -0.25) is 0 Å². The van der Waals surface area contributed by atoms with Crippen molar-refractivity contribution in [1.29, 1.82) is 0 Å². The van der Waals surface area contributed by atoms with Crippen LogP contribution in [-0.4, -0.2) is 51.4 Å². The zero-order valence-electron chi connectivity index (χ0n) is 15.7. The van der Waals surface area contributed by atoms with E-state index in [4.69, 9.17) is 14.0 Å². The highest BCUT2D eigenvalue weighted by atomic mass is 16.6. The third-order valence-corrected chi connectivity index (χ3v) is 4.31. The first kappa shape index (κ1) is 17.8. The number of hydrogen-bond donors (Lipinski definition) is 0. The van der Waals surface area contributed by atoms with Crippen LogP contribution in [0.5, 0.6) is 0 Å². The fourth-order valence-corrected chi connectivity index (χ4v) is 2.81. The van der Waals surface area contributed by atoms with Crippen molar-refractivity contribution >= 4 is 11.8 Å². The summed E-state index contributed by atoms with van der Waals surface area (Å²) < 4.78 is 16.4. The molecule has 0 radical (unpaired) electrons. The van der Waals surface area contributed by atoms with Gasteiger partial charge < -0.3 is 18.9 Å². The third-order valence-electron chi connectivity index (χ3n) is 4.31. The van der Waals surface area contributed by atoms with Crippen molar-refractivity contribution in [2.24, 2.45) is 0 Å². The van der Waals surface area contributed by atoms with E-state index in [0.29, 0.717) is 43.1 Å². The van der Waals surface area contributed by atoms with Gasteiger partial charge in [0.1, 0.15) is 17.5 Å². The second-order valence-electron chi connectivity index (χ2n) is 7.83. The van der Waals surface area contributed by atoms with Gasteiger partial charge in [-0.15, -0.1) is 0 Å². The average Bonchev–Trinajstić information content (AvgIpc) is 3.37. The molecule has 0 spiro atoms. The average molecular weight is 373 g/mol. The van der Waals surface area contributed by atoms with E-state index in [-0.39, 0.29) is 11.8 Å². The Kier molecular flexibility index (Phi) is 4.55. The number of rotatable bonds is 4. The number of morpholine rings is 1. The molecule has 1 saturated carbocycles. The van der Waals surface area contributed by atoms with Gasteiger partial charge in [0, 0.05) is 12.5 Å². The molecule has 144 valence electrons. The zero-order chi connectivity index (χ0) is 19.0. The number of carbonyl (C=O) groups is 1. The molecule has 27 heavy (non-hydrogen) atoms. The molecule has 1 unspecified atom stereocenters. The van der Waals surface area contributed by atoms with Gasteiger partial charge in [0.05, 0.1) is 25.5 Å². The number of aromatic nitrogens is 4. The Morgan fingerprint density at radius 1 is 1.26 bits per heavy atom. The first-order chi connectivity index (χ1) is 12.9. The maximum Gasteiger partial charge on any atom is 0.359 e. The molecule has 0 bridgehead atoms. The molecular weight excluding hydrogens is 350 g/mol. The predicted molar refractivity (Wildman–Crippen MR) is 94.4 cm³/mol. The van der Waals surface area contributed by atoms with Crippen molar-refractivity contribution < 1.29 is 18.8 Å². The van der Waals surface area contributed by atoms with Crippen molar-refractivity contribution in [3.8, 4) is 0 Å².